The molecule has 1 aromatic heterocycles. The lowest BCUT2D eigenvalue weighted by atomic mass is 9.88. The Labute approximate surface area is 129 Å². The van der Waals surface area contributed by atoms with Gasteiger partial charge in [-0.15, -0.1) is 11.3 Å². The van der Waals surface area contributed by atoms with Crippen LogP contribution in [-0.2, 0) is 6.42 Å². The molecule has 3 heteroatoms. The standard InChI is InChI=1S/C18H18O2S/c1-4-13-7-10-15-12(3)21-18(16(15)17(13)19)20-14-8-5-11(2)6-9-14/h4-6,8-9H,7,10H2,1-3H3/b13-4+. The first kappa shape index (κ1) is 14.1. The van der Waals surface area contributed by atoms with E-state index in [1.54, 1.807) is 11.3 Å². The first-order chi connectivity index (χ1) is 10.1. The number of ether oxygens (including phenoxy) is 1. The van der Waals surface area contributed by atoms with E-state index >= 15 is 0 Å². The molecule has 0 bridgehead atoms. The summed E-state index contributed by atoms with van der Waals surface area (Å²) in [6, 6.07) is 7.92. The van der Waals surface area contributed by atoms with Crippen LogP contribution in [0.1, 0.15) is 39.7 Å². The number of Topliss-reactive ketones (excluding diaryl/α,β-unsaturated/α-hetero) is 1. The van der Waals surface area contributed by atoms with Crippen LogP contribution < -0.4 is 4.74 Å². The minimum absolute atomic E-state index is 0.130. The second-order valence-corrected chi connectivity index (χ2v) is 6.54. The van der Waals surface area contributed by atoms with Crippen LogP contribution in [0.15, 0.2) is 35.9 Å². The van der Waals surface area contributed by atoms with Crippen molar-refractivity contribution in [3.05, 3.63) is 57.5 Å². The maximum atomic E-state index is 12.6. The Morgan fingerprint density at radius 3 is 2.52 bits per heavy atom. The number of benzene rings is 1. The summed E-state index contributed by atoms with van der Waals surface area (Å²) >= 11 is 1.58. The van der Waals surface area contributed by atoms with Crippen molar-refractivity contribution in [2.75, 3.05) is 0 Å². The zero-order valence-corrected chi connectivity index (χ0v) is 13.3. The minimum atomic E-state index is 0.130. The Morgan fingerprint density at radius 2 is 1.86 bits per heavy atom. The van der Waals surface area contributed by atoms with Gasteiger partial charge in [0, 0.05) is 4.88 Å². The van der Waals surface area contributed by atoms with E-state index < -0.39 is 0 Å². The second-order valence-electron chi connectivity index (χ2n) is 5.36. The van der Waals surface area contributed by atoms with Crippen molar-refractivity contribution in [1.82, 2.24) is 0 Å². The van der Waals surface area contributed by atoms with Gasteiger partial charge in [-0.05, 0) is 56.9 Å². The number of allylic oxidation sites excluding steroid dienone is 2. The Kier molecular flexibility index (Phi) is 3.68. The van der Waals surface area contributed by atoms with Gasteiger partial charge in [0.25, 0.3) is 0 Å². The third-order valence-corrected chi connectivity index (χ3v) is 4.95. The fourth-order valence-corrected chi connectivity index (χ4v) is 3.74. The van der Waals surface area contributed by atoms with Crippen LogP contribution in [0, 0.1) is 13.8 Å². The fraction of sp³-hybridized carbons (Fsp3) is 0.278. The monoisotopic (exact) mass is 298 g/mol. The first-order valence-corrected chi connectivity index (χ1v) is 7.98. The molecule has 2 aromatic rings. The maximum Gasteiger partial charge on any atom is 0.193 e. The highest BCUT2D eigenvalue weighted by Crippen LogP contribution is 2.42. The Balaban J connectivity index is 2.01. The molecule has 1 aliphatic carbocycles. The number of rotatable bonds is 2. The number of ketones is 1. The van der Waals surface area contributed by atoms with Crippen LogP contribution >= 0.6 is 11.3 Å². The molecule has 1 heterocycles. The molecule has 2 nitrogen and oxygen atoms in total. The average molecular weight is 298 g/mol. The van der Waals surface area contributed by atoms with E-state index in [1.165, 1.54) is 10.4 Å². The van der Waals surface area contributed by atoms with Crippen LogP contribution in [-0.4, -0.2) is 5.78 Å². The summed E-state index contributed by atoms with van der Waals surface area (Å²) in [5, 5.41) is 0.732. The van der Waals surface area contributed by atoms with Gasteiger partial charge >= 0.3 is 0 Å². The number of fused-ring (bicyclic) bond motifs is 1. The normalized spacial score (nSPS) is 16.1. The number of carbonyl (C=O) groups excluding carboxylic acids is 1. The number of carbonyl (C=O) groups is 1. The van der Waals surface area contributed by atoms with Gasteiger partial charge in [0.15, 0.2) is 10.8 Å². The average Bonchev–Trinajstić information content (AvgIpc) is 2.79. The number of aryl methyl sites for hydroxylation is 2. The van der Waals surface area contributed by atoms with Gasteiger partial charge in [0.1, 0.15) is 5.75 Å². The van der Waals surface area contributed by atoms with Crippen molar-refractivity contribution in [2.24, 2.45) is 0 Å². The van der Waals surface area contributed by atoms with Crippen molar-refractivity contribution in [3.63, 3.8) is 0 Å². The Bertz CT molecular complexity index is 720. The second kappa shape index (κ2) is 5.49. The summed E-state index contributed by atoms with van der Waals surface area (Å²) in [6.07, 6.45) is 3.69. The zero-order chi connectivity index (χ0) is 15.0. The van der Waals surface area contributed by atoms with Crippen molar-refractivity contribution in [3.8, 4) is 10.8 Å². The quantitative estimate of drug-likeness (QED) is 0.709. The number of thiophene rings is 1. The SMILES string of the molecule is C/C=C1\CCc2c(C)sc(Oc3ccc(C)cc3)c2C1=O. The summed E-state index contributed by atoms with van der Waals surface area (Å²) in [4.78, 5) is 13.8. The molecule has 0 saturated carbocycles. The van der Waals surface area contributed by atoms with Gasteiger partial charge < -0.3 is 4.74 Å². The molecule has 0 amide bonds. The molecule has 0 unspecified atom stereocenters. The first-order valence-electron chi connectivity index (χ1n) is 7.17. The lowest BCUT2D eigenvalue weighted by molar-refractivity contribution is 0.102. The Morgan fingerprint density at radius 1 is 1.14 bits per heavy atom. The maximum absolute atomic E-state index is 12.6. The predicted molar refractivity (Wildman–Crippen MR) is 86.7 cm³/mol. The number of hydrogen-bond donors (Lipinski definition) is 0. The van der Waals surface area contributed by atoms with Crippen LogP contribution in [0.5, 0.6) is 10.8 Å². The molecule has 0 radical (unpaired) electrons. The van der Waals surface area contributed by atoms with Gasteiger partial charge in [0.2, 0.25) is 0 Å². The van der Waals surface area contributed by atoms with E-state index in [-0.39, 0.29) is 5.78 Å². The molecule has 0 saturated heterocycles. The van der Waals surface area contributed by atoms with Gasteiger partial charge in [-0.3, -0.25) is 4.79 Å². The smallest absolute Gasteiger partial charge is 0.193 e. The van der Waals surface area contributed by atoms with Crippen LogP contribution in [0.4, 0.5) is 0 Å². The molecular formula is C18H18O2S. The van der Waals surface area contributed by atoms with Crippen LogP contribution in [0.2, 0.25) is 0 Å². The van der Waals surface area contributed by atoms with Gasteiger partial charge in [-0.1, -0.05) is 23.8 Å². The van der Waals surface area contributed by atoms with Crippen molar-refractivity contribution < 1.29 is 9.53 Å². The molecule has 1 aromatic carbocycles. The fourth-order valence-electron chi connectivity index (χ4n) is 2.68. The van der Waals surface area contributed by atoms with Crippen molar-refractivity contribution in [1.29, 1.82) is 0 Å². The lowest BCUT2D eigenvalue weighted by Crippen LogP contribution is -2.13. The van der Waals surface area contributed by atoms with E-state index in [9.17, 15) is 4.79 Å². The summed E-state index contributed by atoms with van der Waals surface area (Å²) in [6.45, 7) is 6.04. The van der Waals surface area contributed by atoms with Crippen molar-refractivity contribution >= 4 is 17.1 Å². The van der Waals surface area contributed by atoms with Gasteiger partial charge in [-0.2, -0.15) is 0 Å². The lowest BCUT2D eigenvalue weighted by Gasteiger charge is -2.15. The largest absolute Gasteiger partial charge is 0.446 e. The summed E-state index contributed by atoms with van der Waals surface area (Å²) < 4.78 is 5.99. The van der Waals surface area contributed by atoms with Gasteiger partial charge in [0.05, 0.1) is 5.56 Å². The molecule has 108 valence electrons. The van der Waals surface area contributed by atoms with Crippen LogP contribution in [0.25, 0.3) is 0 Å². The molecule has 1 aliphatic rings. The molecule has 0 N–H and O–H groups in total. The number of hydrogen-bond acceptors (Lipinski definition) is 3. The molecule has 3 rings (SSSR count). The molecule has 0 aliphatic heterocycles. The molecule has 0 atom stereocenters. The summed E-state index contributed by atoms with van der Waals surface area (Å²) in [5.41, 5.74) is 4.03. The van der Waals surface area contributed by atoms with E-state index in [1.807, 2.05) is 44.2 Å². The van der Waals surface area contributed by atoms with Gasteiger partial charge in [-0.25, -0.2) is 0 Å². The van der Waals surface area contributed by atoms with E-state index in [2.05, 4.69) is 6.92 Å². The molecule has 0 fully saturated rings. The van der Waals surface area contributed by atoms with E-state index in [0.29, 0.717) is 0 Å². The van der Waals surface area contributed by atoms with Crippen molar-refractivity contribution in [2.45, 2.75) is 33.6 Å². The topological polar surface area (TPSA) is 26.3 Å². The highest BCUT2D eigenvalue weighted by atomic mass is 32.1. The zero-order valence-electron chi connectivity index (χ0n) is 12.5. The third kappa shape index (κ3) is 2.54. The van der Waals surface area contributed by atoms with E-state index in [0.717, 1.165) is 40.4 Å². The summed E-state index contributed by atoms with van der Waals surface area (Å²) in [5.74, 6) is 0.912. The third-order valence-electron chi connectivity index (χ3n) is 3.92. The highest BCUT2D eigenvalue weighted by Gasteiger charge is 2.29. The predicted octanol–water partition coefficient (Wildman–Crippen LogP) is 5.23. The molecule has 0 spiro atoms. The van der Waals surface area contributed by atoms with Crippen LogP contribution in [0.3, 0.4) is 0 Å². The summed E-state index contributed by atoms with van der Waals surface area (Å²) in [7, 11) is 0. The molecular weight excluding hydrogens is 280 g/mol. The molecule has 21 heavy (non-hydrogen) atoms. The highest BCUT2D eigenvalue weighted by molar-refractivity contribution is 7.14. The Hall–Kier alpha value is -1.87. The van der Waals surface area contributed by atoms with E-state index in [4.69, 9.17) is 4.74 Å². The minimum Gasteiger partial charge on any atom is -0.446 e.